The molecule has 27 heavy (non-hydrogen) atoms. The molecule has 0 spiro atoms. The van der Waals surface area contributed by atoms with Crippen molar-refractivity contribution < 1.29 is 5.11 Å². The van der Waals surface area contributed by atoms with Crippen molar-refractivity contribution in [1.29, 1.82) is 0 Å². The second-order valence-corrected chi connectivity index (χ2v) is 7.53. The Morgan fingerprint density at radius 3 is 2.67 bits per heavy atom. The molecule has 1 saturated heterocycles. The van der Waals surface area contributed by atoms with Gasteiger partial charge in [-0.05, 0) is 60.0 Å². The maximum atomic E-state index is 9.66. The SMILES string of the molecule is CCNc1nc(Nc2ccc(N3CCC(O)CC3)cc2)nc2c(Br)c[nH]c12. The Labute approximate surface area is 166 Å². The molecule has 0 bridgehead atoms. The van der Waals surface area contributed by atoms with Crippen molar-refractivity contribution >= 4 is 50.1 Å². The molecule has 4 rings (SSSR count). The molecule has 0 aliphatic carbocycles. The van der Waals surface area contributed by atoms with E-state index in [0.717, 1.165) is 59.5 Å². The Hall–Kier alpha value is -2.32. The second kappa shape index (κ2) is 7.74. The Bertz CT molecular complexity index is 918. The number of piperidine rings is 1. The molecule has 4 N–H and O–H groups in total. The van der Waals surface area contributed by atoms with Crippen molar-refractivity contribution in [2.45, 2.75) is 25.9 Å². The molecule has 1 aliphatic rings. The fourth-order valence-electron chi connectivity index (χ4n) is 3.33. The van der Waals surface area contributed by atoms with E-state index >= 15 is 0 Å². The van der Waals surface area contributed by atoms with E-state index < -0.39 is 0 Å². The summed E-state index contributed by atoms with van der Waals surface area (Å²) in [6.07, 6.45) is 3.36. The number of nitrogens with zero attached hydrogens (tertiary/aromatic N) is 3. The lowest BCUT2D eigenvalue weighted by Crippen LogP contribution is -2.35. The van der Waals surface area contributed by atoms with E-state index in [2.05, 4.69) is 58.5 Å². The number of benzene rings is 1. The van der Waals surface area contributed by atoms with Crippen LogP contribution in [0.1, 0.15) is 19.8 Å². The average Bonchev–Trinajstić information content (AvgIpc) is 3.05. The van der Waals surface area contributed by atoms with Gasteiger partial charge in [0.1, 0.15) is 11.0 Å². The van der Waals surface area contributed by atoms with Crippen LogP contribution in [0.4, 0.5) is 23.1 Å². The maximum absolute atomic E-state index is 9.66. The third-order valence-electron chi connectivity index (χ3n) is 4.78. The van der Waals surface area contributed by atoms with Crippen LogP contribution in [0, 0.1) is 0 Å². The molecule has 3 heterocycles. The lowest BCUT2D eigenvalue weighted by Gasteiger charge is -2.31. The minimum atomic E-state index is -0.159. The number of halogens is 1. The van der Waals surface area contributed by atoms with Crippen molar-refractivity contribution in [3.05, 3.63) is 34.9 Å². The molecule has 3 aromatic rings. The summed E-state index contributed by atoms with van der Waals surface area (Å²) < 4.78 is 0.907. The van der Waals surface area contributed by atoms with Gasteiger partial charge in [-0.3, -0.25) is 0 Å². The topological polar surface area (TPSA) is 89.1 Å². The Kier molecular flexibility index (Phi) is 5.18. The monoisotopic (exact) mass is 430 g/mol. The highest BCUT2D eigenvalue weighted by Crippen LogP contribution is 2.29. The van der Waals surface area contributed by atoms with Gasteiger partial charge < -0.3 is 25.6 Å². The number of aliphatic hydroxyl groups excluding tert-OH is 1. The van der Waals surface area contributed by atoms with E-state index in [1.165, 1.54) is 5.69 Å². The lowest BCUT2D eigenvalue weighted by atomic mass is 10.1. The highest BCUT2D eigenvalue weighted by Gasteiger charge is 2.17. The first-order chi connectivity index (χ1) is 13.1. The highest BCUT2D eigenvalue weighted by atomic mass is 79.9. The maximum Gasteiger partial charge on any atom is 0.229 e. The van der Waals surface area contributed by atoms with Gasteiger partial charge in [-0.1, -0.05) is 0 Å². The fourth-order valence-corrected chi connectivity index (χ4v) is 3.74. The Morgan fingerprint density at radius 2 is 1.96 bits per heavy atom. The molecule has 2 aromatic heterocycles. The molecule has 1 aliphatic heterocycles. The van der Waals surface area contributed by atoms with Crippen LogP contribution in [0.3, 0.4) is 0 Å². The van der Waals surface area contributed by atoms with Gasteiger partial charge in [-0.25, -0.2) is 4.98 Å². The summed E-state index contributed by atoms with van der Waals surface area (Å²) in [7, 11) is 0. The van der Waals surface area contributed by atoms with Crippen molar-refractivity contribution in [2.75, 3.05) is 35.2 Å². The summed E-state index contributed by atoms with van der Waals surface area (Å²) in [6, 6.07) is 8.26. The molecule has 0 amide bonds. The lowest BCUT2D eigenvalue weighted by molar-refractivity contribution is 0.145. The molecule has 1 aromatic carbocycles. The molecular formula is C19H23BrN6O. The molecule has 1 fully saturated rings. The zero-order valence-corrected chi connectivity index (χ0v) is 16.8. The number of fused-ring (bicyclic) bond motifs is 1. The Balaban J connectivity index is 1.54. The molecule has 0 radical (unpaired) electrons. The van der Waals surface area contributed by atoms with Gasteiger partial charge in [-0.2, -0.15) is 4.98 Å². The van der Waals surface area contributed by atoms with Gasteiger partial charge in [0.15, 0.2) is 5.82 Å². The third kappa shape index (κ3) is 3.86. The van der Waals surface area contributed by atoms with E-state index in [-0.39, 0.29) is 6.10 Å². The quantitative estimate of drug-likeness (QED) is 0.491. The van der Waals surface area contributed by atoms with Gasteiger partial charge in [0.05, 0.1) is 10.6 Å². The highest BCUT2D eigenvalue weighted by molar-refractivity contribution is 9.10. The first kappa shape index (κ1) is 18.1. The number of H-pyrrole nitrogens is 1. The zero-order chi connectivity index (χ0) is 18.8. The number of anilines is 4. The van der Waals surface area contributed by atoms with Gasteiger partial charge in [0, 0.05) is 37.2 Å². The fraction of sp³-hybridized carbons (Fsp3) is 0.368. The number of hydrogen-bond acceptors (Lipinski definition) is 6. The number of rotatable bonds is 5. The van der Waals surface area contributed by atoms with E-state index in [4.69, 9.17) is 0 Å². The first-order valence-corrected chi connectivity index (χ1v) is 10.0. The summed E-state index contributed by atoms with van der Waals surface area (Å²) >= 11 is 3.53. The largest absolute Gasteiger partial charge is 0.393 e. The van der Waals surface area contributed by atoms with Crippen molar-refractivity contribution in [3.8, 4) is 0 Å². The molecule has 0 saturated carbocycles. The number of aromatic amines is 1. The van der Waals surface area contributed by atoms with Gasteiger partial charge in [0.25, 0.3) is 0 Å². The van der Waals surface area contributed by atoms with Gasteiger partial charge in [-0.15, -0.1) is 0 Å². The predicted molar refractivity (Wildman–Crippen MR) is 113 cm³/mol. The van der Waals surface area contributed by atoms with Crippen LogP contribution < -0.4 is 15.5 Å². The van der Waals surface area contributed by atoms with Crippen LogP contribution in [0.25, 0.3) is 11.0 Å². The minimum absolute atomic E-state index is 0.159. The van der Waals surface area contributed by atoms with E-state index in [9.17, 15) is 5.11 Å². The van der Waals surface area contributed by atoms with Crippen LogP contribution in [-0.4, -0.2) is 45.8 Å². The summed E-state index contributed by atoms with van der Waals surface area (Å²) in [4.78, 5) is 14.7. The molecule has 0 atom stereocenters. The number of nitrogens with one attached hydrogen (secondary N) is 3. The van der Waals surface area contributed by atoms with Crippen LogP contribution in [0.15, 0.2) is 34.9 Å². The number of hydrogen-bond donors (Lipinski definition) is 4. The summed E-state index contributed by atoms with van der Waals surface area (Å²) in [5.41, 5.74) is 3.83. The van der Waals surface area contributed by atoms with Gasteiger partial charge >= 0.3 is 0 Å². The number of aliphatic hydroxyl groups is 1. The molecule has 142 valence electrons. The van der Waals surface area contributed by atoms with Crippen LogP contribution >= 0.6 is 15.9 Å². The average molecular weight is 431 g/mol. The van der Waals surface area contributed by atoms with E-state index in [1.807, 2.05) is 25.3 Å². The number of aromatic nitrogens is 3. The normalized spacial score (nSPS) is 15.3. The predicted octanol–water partition coefficient (Wildman–Crippen LogP) is 3.86. The van der Waals surface area contributed by atoms with Crippen molar-refractivity contribution in [1.82, 2.24) is 15.0 Å². The van der Waals surface area contributed by atoms with Crippen LogP contribution in [0.5, 0.6) is 0 Å². The molecule has 0 unspecified atom stereocenters. The van der Waals surface area contributed by atoms with Gasteiger partial charge in [0.2, 0.25) is 5.95 Å². The van der Waals surface area contributed by atoms with Crippen molar-refractivity contribution in [3.63, 3.8) is 0 Å². The molecule has 8 heteroatoms. The zero-order valence-electron chi connectivity index (χ0n) is 15.2. The molecule has 7 nitrogen and oxygen atoms in total. The van der Waals surface area contributed by atoms with E-state index in [0.29, 0.717) is 5.95 Å². The summed E-state index contributed by atoms with van der Waals surface area (Å²) in [5.74, 6) is 1.33. The van der Waals surface area contributed by atoms with E-state index in [1.54, 1.807) is 0 Å². The summed E-state index contributed by atoms with van der Waals surface area (Å²) in [5, 5.41) is 16.2. The Morgan fingerprint density at radius 1 is 1.22 bits per heavy atom. The van der Waals surface area contributed by atoms with Crippen molar-refractivity contribution in [2.24, 2.45) is 0 Å². The molecular weight excluding hydrogens is 408 g/mol. The second-order valence-electron chi connectivity index (χ2n) is 6.68. The first-order valence-electron chi connectivity index (χ1n) is 9.22. The smallest absolute Gasteiger partial charge is 0.229 e. The minimum Gasteiger partial charge on any atom is -0.393 e. The third-order valence-corrected chi connectivity index (χ3v) is 5.38. The summed E-state index contributed by atoms with van der Waals surface area (Å²) in [6.45, 7) is 4.60. The van der Waals surface area contributed by atoms with Crippen LogP contribution in [0.2, 0.25) is 0 Å². The standard InChI is InChI=1S/C19H23BrN6O/c1-2-21-18-17-16(15(20)11-22-17)24-19(25-18)23-12-3-5-13(6-4-12)26-9-7-14(27)8-10-26/h3-6,11,14,22,27H,2,7-10H2,1H3,(H2,21,23,24,25). The van der Waals surface area contributed by atoms with Crippen LogP contribution in [-0.2, 0) is 0 Å².